The molecule has 44 heavy (non-hydrogen) atoms. The highest BCUT2D eigenvalue weighted by atomic mass is 35.5. The van der Waals surface area contributed by atoms with Gasteiger partial charge in [0.05, 0.1) is 11.1 Å². The van der Waals surface area contributed by atoms with Crippen LogP contribution in [0.2, 0.25) is 5.02 Å². The SMILES string of the molecule is CN(C)C(CCC=O)CCn1cc(C(=O)COc2cc3ccc(Cl)cc3cc2C(N)=O)c2ccc(O/C(N)=C/C=C\N)cc21. The van der Waals surface area contributed by atoms with Gasteiger partial charge >= 0.3 is 0 Å². The standard InChI is InChI=1S/C33H36ClN5O5/c1-38(2)24(5-4-14-40)11-13-39-19-28(26-10-9-25(18-29(26)39)44-32(36)6-3-12-35)30(41)20-43-31-17-21-7-8-23(34)15-22(21)16-27(31)33(37)42/h3,6-10,12,14-19,24H,4-5,11,13,20,35-36H2,1-2H3,(H2,37,42)/b12-3-,32-6+. The lowest BCUT2D eigenvalue weighted by atomic mass is 10.1. The minimum Gasteiger partial charge on any atom is -0.485 e. The van der Waals surface area contributed by atoms with Gasteiger partial charge in [0.2, 0.25) is 5.78 Å². The van der Waals surface area contributed by atoms with Gasteiger partial charge in [0.25, 0.3) is 5.91 Å². The molecular formula is C33H36ClN5O5. The zero-order valence-corrected chi connectivity index (χ0v) is 25.4. The van der Waals surface area contributed by atoms with E-state index in [0.717, 1.165) is 35.4 Å². The molecule has 11 heteroatoms. The van der Waals surface area contributed by atoms with Gasteiger partial charge in [-0.05, 0) is 92.5 Å². The van der Waals surface area contributed by atoms with E-state index in [1.54, 1.807) is 54.7 Å². The molecule has 6 N–H and O–H groups in total. The van der Waals surface area contributed by atoms with Gasteiger partial charge in [-0.15, -0.1) is 0 Å². The molecule has 1 atom stereocenters. The molecule has 0 saturated carbocycles. The van der Waals surface area contributed by atoms with E-state index in [0.29, 0.717) is 34.7 Å². The van der Waals surface area contributed by atoms with Crippen molar-refractivity contribution < 1.29 is 23.9 Å². The van der Waals surface area contributed by atoms with Crippen molar-refractivity contribution in [2.75, 3.05) is 20.7 Å². The minimum atomic E-state index is -0.682. The predicted octanol–water partition coefficient (Wildman–Crippen LogP) is 4.76. The molecule has 1 unspecified atom stereocenters. The smallest absolute Gasteiger partial charge is 0.252 e. The highest BCUT2D eigenvalue weighted by Crippen LogP contribution is 2.30. The number of carbonyl (C=O) groups is 3. The second-order valence-corrected chi connectivity index (χ2v) is 11.0. The lowest BCUT2D eigenvalue weighted by molar-refractivity contribution is -0.108. The van der Waals surface area contributed by atoms with E-state index < -0.39 is 5.91 Å². The number of aromatic nitrogens is 1. The molecule has 1 heterocycles. The summed E-state index contributed by atoms with van der Waals surface area (Å²) in [5.74, 6) is -0.125. The summed E-state index contributed by atoms with van der Waals surface area (Å²) < 4.78 is 13.6. The summed E-state index contributed by atoms with van der Waals surface area (Å²) in [5, 5.41) is 2.73. The van der Waals surface area contributed by atoms with Gasteiger partial charge in [0, 0.05) is 47.2 Å². The normalized spacial score (nSPS) is 12.7. The van der Waals surface area contributed by atoms with Crippen LogP contribution in [0.15, 0.2) is 79.0 Å². The first-order valence-corrected chi connectivity index (χ1v) is 14.4. The molecule has 0 aliphatic heterocycles. The summed E-state index contributed by atoms with van der Waals surface area (Å²) in [7, 11) is 3.96. The first kappa shape index (κ1) is 32.1. The molecule has 10 nitrogen and oxygen atoms in total. The zero-order chi connectivity index (χ0) is 31.8. The van der Waals surface area contributed by atoms with Crippen LogP contribution in [0.5, 0.6) is 11.5 Å². The van der Waals surface area contributed by atoms with E-state index in [2.05, 4.69) is 4.90 Å². The van der Waals surface area contributed by atoms with Gasteiger partial charge in [0.15, 0.2) is 12.5 Å². The van der Waals surface area contributed by atoms with Gasteiger partial charge in [-0.2, -0.15) is 0 Å². The van der Waals surface area contributed by atoms with E-state index in [-0.39, 0.29) is 35.6 Å². The fourth-order valence-corrected chi connectivity index (χ4v) is 5.23. The Balaban J connectivity index is 1.65. The van der Waals surface area contributed by atoms with E-state index in [9.17, 15) is 14.4 Å². The van der Waals surface area contributed by atoms with Crippen molar-refractivity contribution in [3.8, 4) is 11.5 Å². The van der Waals surface area contributed by atoms with Crippen LogP contribution < -0.4 is 26.7 Å². The van der Waals surface area contributed by atoms with E-state index in [4.69, 9.17) is 38.3 Å². The molecule has 3 aromatic carbocycles. The lowest BCUT2D eigenvalue weighted by Crippen LogP contribution is -2.29. The molecule has 1 amide bonds. The Kier molecular flexibility index (Phi) is 10.6. The molecule has 0 spiro atoms. The van der Waals surface area contributed by atoms with Crippen LogP contribution in [-0.2, 0) is 11.3 Å². The molecule has 230 valence electrons. The third-order valence-corrected chi connectivity index (χ3v) is 7.57. The number of allylic oxidation sites excluding steroid dienone is 2. The fourth-order valence-electron chi connectivity index (χ4n) is 5.05. The largest absolute Gasteiger partial charge is 0.485 e. The molecule has 0 bridgehead atoms. The second-order valence-electron chi connectivity index (χ2n) is 10.5. The summed E-state index contributed by atoms with van der Waals surface area (Å²) in [6.07, 6.45) is 9.08. The maximum Gasteiger partial charge on any atom is 0.252 e. The number of nitrogens with zero attached hydrogens (tertiary/aromatic N) is 2. The first-order chi connectivity index (χ1) is 21.1. The summed E-state index contributed by atoms with van der Waals surface area (Å²) in [5.41, 5.74) is 18.3. The topological polar surface area (TPSA) is 156 Å². The third kappa shape index (κ3) is 7.77. The number of hydrogen-bond donors (Lipinski definition) is 3. The van der Waals surface area contributed by atoms with E-state index in [1.165, 1.54) is 12.3 Å². The summed E-state index contributed by atoms with van der Waals surface area (Å²) >= 11 is 6.11. The van der Waals surface area contributed by atoms with Crippen molar-refractivity contribution in [1.29, 1.82) is 0 Å². The fraction of sp³-hybridized carbons (Fsp3) is 0.242. The Morgan fingerprint density at radius 2 is 1.82 bits per heavy atom. The molecule has 4 rings (SSSR count). The van der Waals surface area contributed by atoms with Crippen LogP contribution in [0.3, 0.4) is 0 Å². The minimum absolute atomic E-state index is 0.150. The molecule has 0 radical (unpaired) electrons. The van der Waals surface area contributed by atoms with E-state index >= 15 is 0 Å². The predicted molar refractivity (Wildman–Crippen MR) is 173 cm³/mol. The number of ketones is 1. The number of carbonyl (C=O) groups excluding carboxylic acids is 3. The number of aryl methyl sites for hydroxylation is 1. The van der Waals surface area contributed by atoms with Crippen molar-refractivity contribution in [2.45, 2.75) is 31.8 Å². The van der Waals surface area contributed by atoms with Crippen molar-refractivity contribution in [3.63, 3.8) is 0 Å². The second kappa shape index (κ2) is 14.6. The van der Waals surface area contributed by atoms with Crippen LogP contribution >= 0.6 is 11.6 Å². The maximum absolute atomic E-state index is 13.6. The zero-order valence-electron chi connectivity index (χ0n) is 24.7. The van der Waals surface area contributed by atoms with Crippen LogP contribution in [0.1, 0.15) is 40.0 Å². The van der Waals surface area contributed by atoms with Crippen molar-refractivity contribution >= 4 is 51.3 Å². The number of fused-ring (bicyclic) bond motifs is 2. The van der Waals surface area contributed by atoms with Crippen LogP contribution in [0.25, 0.3) is 21.7 Å². The van der Waals surface area contributed by atoms with Gasteiger partial charge in [-0.1, -0.05) is 17.7 Å². The highest BCUT2D eigenvalue weighted by molar-refractivity contribution is 6.31. The summed E-state index contributed by atoms with van der Waals surface area (Å²) in [6, 6.07) is 14.0. The Bertz CT molecular complexity index is 1740. The number of nitrogens with two attached hydrogens (primary N) is 3. The molecule has 0 aliphatic rings. The quantitative estimate of drug-likeness (QED) is 0.0746. The Hall–Kier alpha value is -4.80. The average Bonchev–Trinajstić information content (AvgIpc) is 3.36. The number of rotatable bonds is 15. The Labute approximate surface area is 260 Å². The number of hydrogen-bond acceptors (Lipinski definition) is 8. The van der Waals surface area contributed by atoms with Gasteiger partial charge in [-0.3, -0.25) is 9.59 Å². The number of amides is 1. The number of primary amides is 1. The van der Waals surface area contributed by atoms with Crippen LogP contribution in [-0.4, -0.2) is 54.2 Å². The van der Waals surface area contributed by atoms with Gasteiger partial charge < -0.3 is 40.9 Å². The van der Waals surface area contributed by atoms with Crippen molar-refractivity contribution in [1.82, 2.24) is 9.47 Å². The van der Waals surface area contributed by atoms with Crippen LogP contribution in [0.4, 0.5) is 0 Å². The van der Waals surface area contributed by atoms with Gasteiger partial charge in [-0.25, -0.2) is 0 Å². The molecular weight excluding hydrogens is 582 g/mol. The van der Waals surface area contributed by atoms with E-state index in [1.807, 2.05) is 24.7 Å². The summed E-state index contributed by atoms with van der Waals surface area (Å²) in [6.45, 7) is 0.258. The third-order valence-electron chi connectivity index (χ3n) is 7.34. The lowest BCUT2D eigenvalue weighted by Gasteiger charge is -2.24. The Morgan fingerprint density at radius 1 is 1.02 bits per heavy atom. The van der Waals surface area contributed by atoms with Crippen LogP contribution in [0, 0.1) is 0 Å². The number of benzene rings is 3. The molecule has 1 aromatic heterocycles. The number of halogens is 1. The number of Topliss-reactive ketones (excluding diaryl/α,β-unsaturated/α-hetero) is 1. The average molecular weight is 618 g/mol. The highest BCUT2D eigenvalue weighted by Gasteiger charge is 2.20. The monoisotopic (exact) mass is 617 g/mol. The molecule has 0 saturated heterocycles. The van der Waals surface area contributed by atoms with Crippen molar-refractivity contribution in [3.05, 3.63) is 95.1 Å². The molecule has 0 aliphatic carbocycles. The number of aldehydes is 1. The number of ether oxygens (including phenoxy) is 2. The molecule has 4 aromatic rings. The Morgan fingerprint density at radius 3 is 2.52 bits per heavy atom. The summed E-state index contributed by atoms with van der Waals surface area (Å²) in [4.78, 5) is 38.9. The van der Waals surface area contributed by atoms with Crippen molar-refractivity contribution in [2.24, 2.45) is 17.2 Å². The van der Waals surface area contributed by atoms with Gasteiger partial charge in [0.1, 0.15) is 17.8 Å². The maximum atomic E-state index is 13.6. The molecule has 0 fully saturated rings. The first-order valence-electron chi connectivity index (χ1n) is 14.0.